The van der Waals surface area contributed by atoms with Gasteiger partial charge in [0, 0.05) is 5.56 Å². The van der Waals surface area contributed by atoms with Crippen molar-refractivity contribution in [2.45, 2.75) is 0 Å². The van der Waals surface area contributed by atoms with Crippen molar-refractivity contribution < 1.29 is 9.90 Å². The molecule has 0 atom stereocenters. The van der Waals surface area contributed by atoms with Crippen molar-refractivity contribution in [3.05, 3.63) is 51.9 Å². The van der Waals surface area contributed by atoms with Crippen molar-refractivity contribution >= 4 is 18.1 Å². The molecule has 0 saturated heterocycles. The molecule has 0 saturated carbocycles. The van der Waals surface area contributed by atoms with Crippen LogP contribution in [0.1, 0.15) is 15.9 Å². The Balaban J connectivity index is 2.15. The number of hydrogen-bond donors (Lipinski definition) is 3. The topological polar surface area (TPSA) is 120 Å². The summed E-state index contributed by atoms with van der Waals surface area (Å²) in [6.45, 7) is 0. The summed E-state index contributed by atoms with van der Waals surface area (Å²) in [5.41, 5.74) is 2.58. The number of rotatable bonds is 4. The molecule has 2 rings (SSSR count). The average molecular weight is 259 g/mol. The summed E-state index contributed by atoms with van der Waals surface area (Å²) in [6.07, 6.45) is 2.34. The summed E-state index contributed by atoms with van der Waals surface area (Å²) in [4.78, 5) is 24.2. The van der Waals surface area contributed by atoms with E-state index in [1.165, 1.54) is 12.3 Å². The van der Waals surface area contributed by atoms with Crippen LogP contribution in [0.4, 0.5) is 5.95 Å². The number of anilines is 1. The standard InChI is InChI=1S/C11H9N5O3/c17-9-6-13-16-11(14-9)15-12-5-7-3-1-2-4-8(7)10(18)19/h1-6H,(H,18,19)(H2,14,15,16,17)/b12-5+. The van der Waals surface area contributed by atoms with Crippen LogP contribution in [-0.2, 0) is 0 Å². The molecule has 0 aliphatic carbocycles. The Hall–Kier alpha value is -3.03. The van der Waals surface area contributed by atoms with Gasteiger partial charge in [0.05, 0.1) is 11.8 Å². The van der Waals surface area contributed by atoms with E-state index in [2.05, 4.69) is 25.7 Å². The van der Waals surface area contributed by atoms with E-state index in [1.807, 2.05) is 0 Å². The summed E-state index contributed by atoms with van der Waals surface area (Å²) < 4.78 is 0. The maximum absolute atomic E-state index is 10.9. The number of carbonyl (C=O) groups is 1. The lowest BCUT2D eigenvalue weighted by Crippen LogP contribution is -2.10. The molecule has 8 nitrogen and oxygen atoms in total. The minimum absolute atomic E-state index is 0.0663. The van der Waals surface area contributed by atoms with Crippen LogP contribution in [0.2, 0.25) is 0 Å². The molecule has 0 bridgehead atoms. The minimum atomic E-state index is -1.05. The zero-order valence-electron chi connectivity index (χ0n) is 9.57. The molecule has 19 heavy (non-hydrogen) atoms. The molecule has 0 amide bonds. The Morgan fingerprint density at radius 1 is 1.42 bits per heavy atom. The first kappa shape index (κ1) is 12.4. The van der Waals surface area contributed by atoms with Crippen LogP contribution < -0.4 is 11.0 Å². The number of aromatic amines is 1. The summed E-state index contributed by atoms with van der Waals surface area (Å²) in [5, 5.41) is 19.8. The Labute approximate surface area is 106 Å². The molecule has 3 N–H and O–H groups in total. The molecule has 2 aromatic rings. The van der Waals surface area contributed by atoms with E-state index < -0.39 is 11.5 Å². The monoisotopic (exact) mass is 259 g/mol. The van der Waals surface area contributed by atoms with Crippen LogP contribution in [0.15, 0.2) is 40.4 Å². The van der Waals surface area contributed by atoms with E-state index in [0.717, 1.165) is 6.20 Å². The van der Waals surface area contributed by atoms with Crippen molar-refractivity contribution in [2.75, 3.05) is 5.43 Å². The number of nitrogens with one attached hydrogen (secondary N) is 2. The van der Waals surface area contributed by atoms with Gasteiger partial charge in [-0.1, -0.05) is 18.2 Å². The van der Waals surface area contributed by atoms with Gasteiger partial charge < -0.3 is 5.11 Å². The van der Waals surface area contributed by atoms with Crippen LogP contribution in [0.25, 0.3) is 0 Å². The first-order valence-electron chi connectivity index (χ1n) is 5.20. The van der Waals surface area contributed by atoms with Crippen molar-refractivity contribution in [3.63, 3.8) is 0 Å². The molecular formula is C11H9N5O3. The number of nitrogens with zero attached hydrogens (tertiary/aromatic N) is 3. The SMILES string of the molecule is O=C(O)c1ccccc1/C=N/Nc1nncc(=O)[nH]1. The smallest absolute Gasteiger partial charge is 0.336 e. The lowest BCUT2D eigenvalue weighted by molar-refractivity contribution is 0.0697. The van der Waals surface area contributed by atoms with Gasteiger partial charge >= 0.3 is 5.97 Å². The van der Waals surface area contributed by atoms with Gasteiger partial charge in [-0.25, -0.2) is 10.2 Å². The number of aromatic carboxylic acids is 1. The van der Waals surface area contributed by atoms with Gasteiger partial charge in [-0.15, -0.1) is 10.2 Å². The third-order valence-electron chi connectivity index (χ3n) is 2.14. The summed E-state index contributed by atoms with van der Waals surface area (Å²) in [5.74, 6) is -0.980. The molecule has 96 valence electrons. The molecule has 1 aromatic heterocycles. The highest BCUT2D eigenvalue weighted by atomic mass is 16.4. The molecule has 8 heteroatoms. The molecule has 1 aromatic carbocycles. The molecule has 0 spiro atoms. The molecule has 0 aliphatic rings. The molecule has 0 aliphatic heterocycles. The van der Waals surface area contributed by atoms with E-state index >= 15 is 0 Å². The maximum atomic E-state index is 10.9. The fourth-order valence-corrected chi connectivity index (χ4v) is 1.33. The van der Waals surface area contributed by atoms with E-state index in [0.29, 0.717) is 5.56 Å². The number of aromatic nitrogens is 3. The third kappa shape index (κ3) is 3.22. The number of hydrazone groups is 1. The van der Waals surface area contributed by atoms with Crippen LogP contribution >= 0.6 is 0 Å². The van der Waals surface area contributed by atoms with Crippen molar-refractivity contribution in [2.24, 2.45) is 5.10 Å². The van der Waals surface area contributed by atoms with Crippen LogP contribution in [0, 0.1) is 0 Å². The van der Waals surface area contributed by atoms with Gasteiger partial charge in [-0.3, -0.25) is 9.78 Å². The van der Waals surface area contributed by atoms with Gasteiger partial charge in [0.15, 0.2) is 0 Å². The van der Waals surface area contributed by atoms with Gasteiger partial charge in [0.1, 0.15) is 6.20 Å². The second-order valence-electron chi connectivity index (χ2n) is 3.44. The molecular weight excluding hydrogens is 250 g/mol. The molecule has 0 fully saturated rings. The second kappa shape index (κ2) is 5.54. The second-order valence-corrected chi connectivity index (χ2v) is 3.44. The largest absolute Gasteiger partial charge is 0.478 e. The van der Waals surface area contributed by atoms with Crippen LogP contribution in [-0.4, -0.2) is 32.5 Å². The summed E-state index contributed by atoms with van der Waals surface area (Å²) >= 11 is 0. The van der Waals surface area contributed by atoms with Crippen LogP contribution in [0.5, 0.6) is 0 Å². The zero-order chi connectivity index (χ0) is 13.7. The normalized spacial score (nSPS) is 10.5. The fourth-order valence-electron chi connectivity index (χ4n) is 1.33. The number of carboxylic acids is 1. The van der Waals surface area contributed by atoms with Gasteiger partial charge in [0.25, 0.3) is 5.56 Å². The molecule has 0 unspecified atom stereocenters. The van der Waals surface area contributed by atoms with Crippen LogP contribution in [0.3, 0.4) is 0 Å². The van der Waals surface area contributed by atoms with Crippen molar-refractivity contribution in [3.8, 4) is 0 Å². The Morgan fingerprint density at radius 3 is 2.95 bits per heavy atom. The summed E-state index contributed by atoms with van der Waals surface area (Å²) in [7, 11) is 0. The number of benzene rings is 1. The first-order chi connectivity index (χ1) is 9.16. The summed E-state index contributed by atoms with van der Waals surface area (Å²) in [6, 6.07) is 6.38. The van der Waals surface area contributed by atoms with Gasteiger partial charge in [-0.2, -0.15) is 5.10 Å². The maximum Gasteiger partial charge on any atom is 0.336 e. The predicted molar refractivity (Wildman–Crippen MR) is 67.3 cm³/mol. The van der Waals surface area contributed by atoms with E-state index in [9.17, 15) is 9.59 Å². The lowest BCUT2D eigenvalue weighted by Gasteiger charge is -2.00. The number of H-pyrrole nitrogens is 1. The van der Waals surface area contributed by atoms with E-state index in [4.69, 9.17) is 5.11 Å². The number of hydrogen-bond acceptors (Lipinski definition) is 6. The fraction of sp³-hybridized carbons (Fsp3) is 0. The van der Waals surface area contributed by atoms with Crippen molar-refractivity contribution in [1.29, 1.82) is 0 Å². The molecule has 1 heterocycles. The van der Waals surface area contributed by atoms with Crippen molar-refractivity contribution in [1.82, 2.24) is 15.2 Å². The highest BCUT2D eigenvalue weighted by molar-refractivity contribution is 5.98. The van der Waals surface area contributed by atoms with E-state index in [1.54, 1.807) is 18.2 Å². The highest BCUT2D eigenvalue weighted by Gasteiger charge is 2.06. The Morgan fingerprint density at radius 2 is 2.21 bits per heavy atom. The van der Waals surface area contributed by atoms with E-state index in [-0.39, 0.29) is 11.5 Å². The Kier molecular flexibility index (Phi) is 3.62. The third-order valence-corrected chi connectivity index (χ3v) is 2.14. The zero-order valence-corrected chi connectivity index (χ0v) is 9.57. The minimum Gasteiger partial charge on any atom is -0.478 e. The molecule has 0 radical (unpaired) electrons. The first-order valence-corrected chi connectivity index (χ1v) is 5.20. The number of carboxylic acid groups (broad SMARTS) is 1. The highest BCUT2D eigenvalue weighted by Crippen LogP contribution is 2.06. The quantitative estimate of drug-likeness (QED) is 0.536. The average Bonchev–Trinajstić information content (AvgIpc) is 2.39. The predicted octanol–water partition coefficient (Wildman–Crippen LogP) is 0.309. The van der Waals surface area contributed by atoms with Gasteiger partial charge in [-0.05, 0) is 6.07 Å². The Bertz CT molecular complexity index is 680. The lowest BCUT2D eigenvalue weighted by atomic mass is 10.1. The van der Waals surface area contributed by atoms with Gasteiger partial charge in [0.2, 0.25) is 5.95 Å².